The Labute approximate surface area is 204 Å². The zero-order chi connectivity index (χ0) is 21.8. The molecular weight excluding hydrogens is 531 g/mol. The van der Waals surface area contributed by atoms with Gasteiger partial charge in [-0.1, -0.05) is 26.0 Å². The average Bonchev–Trinajstić information content (AvgIpc) is 3.25. The molecule has 0 spiro atoms. The summed E-state index contributed by atoms with van der Waals surface area (Å²) in [6, 6.07) is 6.84. The van der Waals surface area contributed by atoms with E-state index in [9.17, 15) is 8.42 Å². The molecule has 1 aliphatic rings. The lowest BCUT2D eigenvalue weighted by atomic mass is 10.1. The number of rotatable bonds is 12. The molecule has 1 atom stereocenters. The molecule has 8 nitrogen and oxygen atoms in total. The Hall–Kier alpha value is -0.950. The number of benzene rings is 1. The summed E-state index contributed by atoms with van der Waals surface area (Å²) < 4.78 is 38.5. The predicted octanol–water partition coefficient (Wildman–Crippen LogP) is 2.49. The van der Waals surface area contributed by atoms with Crippen LogP contribution >= 0.6 is 24.0 Å². The van der Waals surface area contributed by atoms with Gasteiger partial charge in [-0.2, -0.15) is 0 Å². The Morgan fingerprint density at radius 3 is 2.58 bits per heavy atom. The summed E-state index contributed by atoms with van der Waals surface area (Å²) in [4.78, 5) is 4.44. The summed E-state index contributed by atoms with van der Waals surface area (Å²) in [6.45, 7) is 7.98. The number of nitrogens with one attached hydrogen (secondary N) is 3. The first-order valence-electron chi connectivity index (χ1n) is 10.6. The van der Waals surface area contributed by atoms with E-state index in [4.69, 9.17) is 9.47 Å². The highest BCUT2D eigenvalue weighted by atomic mass is 127. The topological polar surface area (TPSA) is 101 Å². The van der Waals surface area contributed by atoms with Crippen LogP contribution in [0.5, 0.6) is 0 Å². The molecule has 1 unspecified atom stereocenters. The van der Waals surface area contributed by atoms with Gasteiger partial charge in [-0.25, -0.2) is 13.1 Å². The number of aliphatic imine (C=N–C) groups is 1. The van der Waals surface area contributed by atoms with Gasteiger partial charge in [-0.05, 0) is 42.9 Å². The number of guanidine groups is 1. The minimum atomic E-state index is -3.53. The second kappa shape index (κ2) is 15.0. The van der Waals surface area contributed by atoms with Gasteiger partial charge in [0.15, 0.2) is 5.96 Å². The normalized spacial score (nSPS) is 16.9. The lowest BCUT2D eigenvalue weighted by Gasteiger charge is -2.13. The van der Waals surface area contributed by atoms with Crippen LogP contribution in [0.3, 0.4) is 0 Å². The number of ether oxygens (including phenoxy) is 2. The molecule has 3 N–H and O–H groups in total. The first-order chi connectivity index (χ1) is 14.4. The van der Waals surface area contributed by atoms with Gasteiger partial charge >= 0.3 is 0 Å². The van der Waals surface area contributed by atoms with Gasteiger partial charge < -0.3 is 20.1 Å². The van der Waals surface area contributed by atoms with Crippen molar-refractivity contribution in [2.24, 2.45) is 10.9 Å². The minimum absolute atomic E-state index is 0. The maximum atomic E-state index is 12.4. The van der Waals surface area contributed by atoms with Crippen LogP contribution in [0, 0.1) is 5.92 Å². The second-order valence-electron chi connectivity index (χ2n) is 7.78. The van der Waals surface area contributed by atoms with Crippen LogP contribution in [0.15, 0.2) is 34.2 Å². The van der Waals surface area contributed by atoms with Crippen molar-refractivity contribution in [2.45, 2.75) is 50.7 Å². The third kappa shape index (κ3) is 11.0. The molecule has 178 valence electrons. The molecule has 0 radical (unpaired) electrons. The molecule has 1 saturated heterocycles. The van der Waals surface area contributed by atoms with Crippen LogP contribution in [-0.4, -0.2) is 60.4 Å². The highest BCUT2D eigenvalue weighted by molar-refractivity contribution is 14.0. The maximum Gasteiger partial charge on any atom is 0.240 e. The number of hydrogen-bond acceptors (Lipinski definition) is 5. The molecular formula is C21H37IN4O4S. The van der Waals surface area contributed by atoms with Crippen molar-refractivity contribution in [3.05, 3.63) is 29.8 Å². The lowest BCUT2D eigenvalue weighted by Crippen LogP contribution is -2.38. The van der Waals surface area contributed by atoms with Crippen LogP contribution in [0.4, 0.5) is 0 Å². The molecule has 0 aromatic heterocycles. The van der Waals surface area contributed by atoms with Crippen molar-refractivity contribution in [1.29, 1.82) is 0 Å². The maximum absolute atomic E-state index is 12.4. The summed E-state index contributed by atoms with van der Waals surface area (Å²) in [6.07, 6.45) is 2.91. The van der Waals surface area contributed by atoms with E-state index in [0.29, 0.717) is 44.7 Å². The summed E-state index contributed by atoms with van der Waals surface area (Å²) in [5, 5.41) is 6.42. The number of halogens is 1. The molecule has 1 aromatic rings. The highest BCUT2D eigenvalue weighted by Gasteiger charge is 2.20. The van der Waals surface area contributed by atoms with Crippen molar-refractivity contribution in [2.75, 3.05) is 40.0 Å². The third-order valence-corrected chi connectivity index (χ3v) is 6.26. The number of hydrogen-bond donors (Lipinski definition) is 3. The quantitative estimate of drug-likeness (QED) is 0.155. The van der Waals surface area contributed by atoms with Crippen LogP contribution in [0.1, 0.15) is 38.7 Å². The zero-order valence-electron chi connectivity index (χ0n) is 18.7. The summed E-state index contributed by atoms with van der Waals surface area (Å²) >= 11 is 0. The zero-order valence-corrected chi connectivity index (χ0v) is 21.9. The Morgan fingerprint density at radius 2 is 1.97 bits per heavy atom. The fraction of sp³-hybridized carbons (Fsp3) is 0.667. The largest absolute Gasteiger partial charge is 0.380 e. The molecule has 0 aliphatic carbocycles. The van der Waals surface area contributed by atoms with Crippen LogP contribution in [-0.2, 0) is 26.0 Å². The Morgan fingerprint density at radius 1 is 1.23 bits per heavy atom. The standard InChI is InChI=1S/C21H36N4O4S.HI/c1-17(2)10-13-28-14-11-23-21(22-3)24-15-18-6-8-20(9-7-18)30(26,27)25-16-19-5-4-12-29-19;/h6-9,17,19,25H,4-5,10-16H2,1-3H3,(H2,22,23,24);1H. The van der Waals surface area contributed by atoms with Gasteiger partial charge in [0, 0.05) is 39.9 Å². The van der Waals surface area contributed by atoms with Crippen molar-refractivity contribution in [3.8, 4) is 0 Å². The molecule has 1 fully saturated rings. The number of nitrogens with zero attached hydrogens (tertiary/aromatic N) is 1. The molecule has 1 heterocycles. The molecule has 10 heteroatoms. The first kappa shape index (κ1) is 28.1. The van der Waals surface area contributed by atoms with Crippen molar-refractivity contribution in [3.63, 3.8) is 0 Å². The van der Waals surface area contributed by atoms with Crippen LogP contribution in [0.25, 0.3) is 0 Å². The predicted molar refractivity (Wildman–Crippen MR) is 134 cm³/mol. The summed E-state index contributed by atoms with van der Waals surface area (Å²) in [5.74, 6) is 1.32. The van der Waals surface area contributed by atoms with Gasteiger partial charge in [0.1, 0.15) is 0 Å². The molecule has 0 bridgehead atoms. The Bertz CT molecular complexity index is 751. The van der Waals surface area contributed by atoms with Crippen LogP contribution < -0.4 is 15.4 Å². The monoisotopic (exact) mass is 568 g/mol. The first-order valence-corrected chi connectivity index (χ1v) is 12.1. The van der Waals surface area contributed by atoms with Crippen molar-refractivity contribution >= 4 is 40.0 Å². The van der Waals surface area contributed by atoms with Gasteiger partial charge in [-0.3, -0.25) is 4.99 Å². The Balaban J connectivity index is 0.00000480. The van der Waals surface area contributed by atoms with E-state index >= 15 is 0 Å². The van der Waals surface area contributed by atoms with E-state index < -0.39 is 10.0 Å². The average molecular weight is 569 g/mol. The van der Waals surface area contributed by atoms with Gasteiger partial charge in [0.2, 0.25) is 10.0 Å². The van der Waals surface area contributed by atoms with Crippen molar-refractivity contribution < 1.29 is 17.9 Å². The fourth-order valence-electron chi connectivity index (χ4n) is 2.95. The SMILES string of the molecule is CN=C(NCCOCCC(C)C)NCc1ccc(S(=O)(=O)NCC2CCCO2)cc1.I. The van der Waals surface area contributed by atoms with Gasteiger partial charge in [0.25, 0.3) is 0 Å². The van der Waals surface area contributed by atoms with E-state index in [1.54, 1.807) is 31.3 Å². The summed E-state index contributed by atoms with van der Waals surface area (Å²) in [7, 11) is -1.81. The van der Waals surface area contributed by atoms with Crippen molar-refractivity contribution in [1.82, 2.24) is 15.4 Å². The van der Waals surface area contributed by atoms with E-state index in [1.165, 1.54) is 0 Å². The molecule has 0 saturated carbocycles. The molecule has 1 aromatic carbocycles. The molecule has 2 rings (SSSR count). The van der Waals surface area contributed by atoms with E-state index in [2.05, 4.69) is 34.2 Å². The molecule has 0 amide bonds. The van der Waals surface area contributed by atoms with E-state index in [-0.39, 0.29) is 35.0 Å². The third-order valence-electron chi connectivity index (χ3n) is 4.82. The molecule has 31 heavy (non-hydrogen) atoms. The van der Waals surface area contributed by atoms with Gasteiger partial charge in [0.05, 0.1) is 17.6 Å². The minimum Gasteiger partial charge on any atom is -0.380 e. The van der Waals surface area contributed by atoms with Crippen LogP contribution in [0.2, 0.25) is 0 Å². The number of sulfonamides is 1. The molecule has 1 aliphatic heterocycles. The lowest BCUT2D eigenvalue weighted by molar-refractivity contribution is 0.114. The van der Waals surface area contributed by atoms with Gasteiger partial charge in [-0.15, -0.1) is 24.0 Å². The summed E-state index contributed by atoms with van der Waals surface area (Å²) in [5.41, 5.74) is 0.962. The smallest absolute Gasteiger partial charge is 0.240 e. The second-order valence-corrected chi connectivity index (χ2v) is 9.55. The van der Waals surface area contributed by atoms with E-state index in [0.717, 1.165) is 31.4 Å². The Kier molecular flexibility index (Phi) is 13.6. The fourth-order valence-corrected chi connectivity index (χ4v) is 4.01. The highest BCUT2D eigenvalue weighted by Crippen LogP contribution is 2.14. The van der Waals surface area contributed by atoms with E-state index in [1.807, 2.05) is 0 Å².